The molecule has 0 heterocycles. The SMILES string of the molecule is c1ccc(OCCNc2cccc3ccccc23)cc1. The van der Waals surface area contributed by atoms with Gasteiger partial charge in [-0.3, -0.25) is 0 Å². The van der Waals surface area contributed by atoms with Crippen molar-refractivity contribution in [2.24, 2.45) is 0 Å². The summed E-state index contributed by atoms with van der Waals surface area (Å²) in [5, 5.41) is 5.93. The first-order valence-corrected chi connectivity index (χ1v) is 6.83. The van der Waals surface area contributed by atoms with Crippen molar-refractivity contribution in [3.8, 4) is 5.75 Å². The summed E-state index contributed by atoms with van der Waals surface area (Å²) in [7, 11) is 0. The Hall–Kier alpha value is -2.48. The number of fused-ring (bicyclic) bond motifs is 1. The zero-order valence-electron chi connectivity index (χ0n) is 11.3. The molecular weight excluding hydrogens is 246 g/mol. The number of benzene rings is 3. The lowest BCUT2D eigenvalue weighted by atomic mass is 10.1. The van der Waals surface area contributed by atoms with Gasteiger partial charge < -0.3 is 10.1 Å². The number of rotatable bonds is 5. The standard InChI is InChI=1S/C18H17NO/c1-2-9-16(10-3-1)20-14-13-19-18-12-6-8-15-7-4-5-11-17(15)18/h1-12,19H,13-14H2. The van der Waals surface area contributed by atoms with E-state index in [-0.39, 0.29) is 0 Å². The van der Waals surface area contributed by atoms with Crippen LogP contribution in [0.25, 0.3) is 10.8 Å². The normalized spacial score (nSPS) is 10.4. The maximum Gasteiger partial charge on any atom is 0.119 e. The van der Waals surface area contributed by atoms with Crippen LogP contribution in [0.1, 0.15) is 0 Å². The molecule has 0 saturated carbocycles. The van der Waals surface area contributed by atoms with Crippen molar-refractivity contribution < 1.29 is 4.74 Å². The molecule has 20 heavy (non-hydrogen) atoms. The molecule has 0 saturated heterocycles. The Kier molecular flexibility index (Phi) is 3.83. The van der Waals surface area contributed by atoms with E-state index in [0.29, 0.717) is 6.61 Å². The lowest BCUT2D eigenvalue weighted by Crippen LogP contribution is -2.11. The summed E-state index contributed by atoms with van der Waals surface area (Å²) in [5.41, 5.74) is 1.15. The summed E-state index contributed by atoms with van der Waals surface area (Å²) in [4.78, 5) is 0. The van der Waals surface area contributed by atoms with Gasteiger partial charge in [-0.25, -0.2) is 0 Å². The van der Waals surface area contributed by atoms with Crippen LogP contribution in [0.4, 0.5) is 5.69 Å². The zero-order valence-corrected chi connectivity index (χ0v) is 11.3. The Morgan fingerprint density at radius 3 is 2.40 bits per heavy atom. The van der Waals surface area contributed by atoms with E-state index >= 15 is 0 Å². The Morgan fingerprint density at radius 2 is 1.50 bits per heavy atom. The highest BCUT2D eigenvalue weighted by Gasteiger charge is 1.99. The fraction of sp³-hybridized carbons (Fsp3) is 0.111. The summed E-state index contributed by atoms with van der Waals surface area (Å²) >= 11 is 0. The largest absolute Gasteiger partial charge is 0.492 e. The smallest absolute Gasteiger partial charge is 0.119 e. The summed E-state index contributed by atoms with van der Waals surface area (Å²) in [5.74, 6) is 0.909. The van der Waals surface area contributed by atoms with Crippen molar-refractivity contribution in [2.75, 3.05) is 18.5 Å². The van der Waals surface area contributed by atoms with Crippen molar-refractivity contribution in [3.05, 3.63) is 72.8 Å². The van der Waals surface area contributed by atoms with E-state index in [1.54, 1.807) is 0 Å². The van der Waals surface area contributed by atoms with Gasteiger partial charge in [0.25, 0.3) is 0 Å². The molecule has 1 N–H and O–H groups in total. The van der Waals surface area contributed by atoms with Crippen molar-refractivity contribution in [1.82, 2.24) is 0 Å². The van der Waals surface area contributed by atoms with Crippen LogP contribution in [-0.2, 0) is 0 Å². The quantitative estimate of drug-likeness (QED) is 0.692. The third-order valence-corrected chi connectivity index (χ3v) is 3.22. The zero-order chi connectivity index (χ0) is 13.6. The molecule has 0 unspecified atom stereocenters. The Balaban J connectivity index is 1.60. The molecule has 2 nitrogen and oxygen atoms in total. The third-order valence-electron chi connectivity index (χ3n) is 3.22. The molecule has 3 aromatic rings. The number of nitrogens with one attached hydrogen (secondary N) is 1. The molecular formula is C18H17NO. The lowest BCUT2D eigenvalue weighted by molar-refractivity contribution is 0.333. The molecule has 3 rings (SSSR count). The molecule has 0 spiro atoms. The van der Waals surface area contributed by atoms with Gasteiger partial charge in [0.1, 0.15) is 12.4 Å². The van der Waals surface area contributed by atoms with Gasteiger partial charge in [-0.2, -0.15) is 0 Å². The summed E-state index contributed by atoms with van der Waals surface area (Å²) in [6.45, 7) is 1.43. The van der Waals surface area contributed by atoms with E-state index < -0.39 is 0 Å². The molecule has 0 radical (unpaired) electrons. The van der Waals surface area contributed by atoms with E-state index in [4.69, 9.17) is 4.74 Å². The molecule has 0 aliphatic rings. The minimum Gasteiger partial charge on any atom is -0.492 e. The van der Waals surface area contributed by atoms with Gasteiger partial charge in [0.05, 0.1) is 0 Å². The van der Waals surface area contributed by atoms with Crippen LogP contribution >= 0.6 is 0 Å². The molecule has 3 aromatic carbocycles. The molecule has 0 aromatic heterocycles. The van der Waals surface area contributed by atoms with Crippen molar-refractivity contribution in [1.29, 1.82) is 0 Å². The van der Waals surface area contributed by atoms with Crippen molar-refractivity contribution in [2.45, 2.75) is 0 Å². The maximum absolute atomic E-state index is 5.68. The average molecular weight is 263 g/mol. The van der Waals surface area contributed by atoms with Crippen molar-refractivity contribution >= 4 is 16.5 Å². The van der Waals surface area contributed by atoms with Gasteiger partial charge >= 0.3 is 0 Å². The molecule has 0 aliphatic heterocycles. The molecule has 2 heteroatoms. The number of ether oxygens (including phenoxy) is 1. The molecule has 0 amide bonds. The fourth-order valence-corrected chi connectivity index (χ4v) is 2.25. The number of anilines is 1. The maximum atomic E-state index is 5.68. The number of hydrogen-bond acceptors (Lipinski definition) is 2. The molecule has 0 fully saturated rings. The monoisotopic (exact) mass is 263 g/mol. The number of para-hydroxylation sites is 1. The van der Waals surface area contributed by atoms with E-state index in [2.05, 4.69) is 47.8 Å². The third kappa shape index (κ3) is 2.91. The summed E-state index contributed by atoms with van der Waals surface area (Å²) in [6, 6.07) is 24.6. The first-order chi connectivity index (χ1) is 9.93. The highest BCUT2D eigenvalue weighted by molar-refractivity contribution is 5.93. The van der Waals surface area contributed by atoms with Crippen LogP contribution in [0, 0.1) is 0 Å². The van der Waals surface area contributed by atoms with E-state index in [0.717, 1.165) is 18.0 Å². The molecule has 0 aliphatic carbocycles. The van der Waals surface area contributed by atoms with E-state index in [1.807, 2.05) is 30.3 Å². The molecule has 0 atom stereocenters. The highest BCUT2D eigenvalue weighted by Crippen LogP contribution is 2.22. The average Bonchev–Trinajstić information content (AvgIpc) is 2.53. The van der Waals surface area contributed by atoms with Crippen molar-refractivity contribution in [3.63, 3.8) is 0 Å². The van der Waals surface area contributed by atoms with Gasteiger partial charge in [-0.05, 0) is 23.6 Å². The minimum atomic E-state index is 0.646. The van der Waals surface area contributed by atoms with Crippen LogP contribution in [-0.4, -0.2) is 13.2 Å². The first kappa shape index (κ1) is 12.5. The second-order valence-corrected chi connectivity index (χ2v) is 4.61. The molecule has 0 bridgehead atoms. The predicted octanol–water partition coefficient (Wildman–Crippen LogP) is 4.33. The second kappa shape index (κ2) is 6.11. The van der Waals surface area contributed by atoms with Crippen LogP contribution < -0.4 is 10.1 Å². The number of hydrogen-bond donors (Lipinski definition) is 1. The van der Waals surface area contributed by atoms with Gasteiger partial charge in [0, 0.05) is 17.6 Å². The van der Waals surface area contributed by atoms with E-state index in [1.165, 1.54) is 10.8 Å². The summed E-state index contributed by atoms with van der Waals surface area (Å²) in [6.07, 6.45) is 0. The predicted molar refractivity (Wildman–Crippen MR) is 84.4 cm³/mol. The van der Waals surface area contributed by atoms with Crippen LogP contribution in [0.5, 0.6) is 5.75 Å². The van der Waals surface area contributed by atoms with Crippen LogP contribution in [0.3, 0.4) is 0 Å². The lowest BCUT2D eigenvalue weighted by Gasteiger charge is -2.10. The Bertz CT molecular complexity index is 674. The van der Waals surface area contributed by atoms with Crippen LogP contribution in [0.15, 0.2) is 72.8 Å². The van der Waals surface area contributed by atoms with Gasteiger partial charge in [0.2, 0.25) is 0 Å². The first-order valence-electron chi connectivity index (χ1n) is 6.83. The van der Waals surface area contributed by atoms with Crippen LogP contribution in [0.2, 0.25) is 0 Å². The Labute approximate surface area is 119 Å². The van der Waals surface area contributed by atoms with E-state index in [9.17, 15) is 0 Å². The van der Waals surface area contributed by atoms with Gasteiger partial charge in [-0.1, -0.05) is 54.6 Å². The van der Waals surface area contributed by atoms with Gasteiger partial charge in [-0.15, -0.1) is 0 Å². The minimum absolute atomic E-state index is 0.646. The van der Waals surface area contributed by atoms with Gasteiger partial charge in [0.15, 0.2) is 0 Å². The topological polar surface area (TPSA) is 21.3 Å². The Morgan fingerprint density at radius 1 is 0.750 bits per heavy atom. The highest BCUT2D eigenvalue weighted by atomic mass is 16.5. The fourth-order valence-electron chi connectivity index (χ4n) is 2.25. The molecule has 100 valence electrons. The summed E-state index contributed by atoms with van der Waals surface area (Å²) < 4.78 is 5.68. The second-order valence-electron chi connectivity index (χ2n) is 4.61.